The molecule has 2 rings (SSSR count). The summed E-state index contributed by atoms with van der Waals surface area (Å²) in [4.78, 5) is 9.13. The number of rotatable bonds is 8. The summed E-state index contributed by atoms with van der Waals surface area (Å²) in [5, 5.41) is 17.9. The van der Waals surface area contributed by atoms with Gasteiger partial charge in [0.05, 0.1) is 17.2 Å². The van der Waals surface area contributed by atoms with E-state index in [1.165, 1.54) is 0 Å². The summed E-state index contributed by atoms with van der Waals surface area (Å²) in [6.45, 7) is 9.27. The van der Waals surface area contributed by atoms with Crippen LogP contribution in [-0.4, -0.2) is 38.8 Å². The van der Waals surface area contributed by atoms with Gasteiger partial charge in [0.25, 0.3) is 0 Å². The minimum atomic E-state index is 0.596. The molecule has 0 radical (unpaired) electrons. The molecule has 126 valence electrons. The molecule has 23 heavy (non-hydrogen) atoms. The second-order valence-electron chi connectivity index (χ2n) is 5.00. The summed E-state index contributed by atoms with van der Waals surface area (Å²) in [5.41, 5.74) is 1.02. The molecule has 0 unspecified atom stereocenters. The number of hydrogen-bond acceptors (Lipinski definition) is 5. The van der Waals surface area contributed by atoms with Gasteiger partial charge in [0.15, 0.2) is 5.96 Å². The van der Waals surface area contributed by atoms with E-state index in [2.05, 4.69) is 61.5 Å². The molecule has 2 aromatic heterocycles. The van der Waals surface area contributed by atoms with E-state index in [4.69, 9.17) is 0 Å². The van der Waals surface area contributed by atoms with E-state index in [1.54, 1.807) is 17.7 Å². The van der Waals surface area contributed by atoms with Crippen molar-refractivity contribution in [3.8, 4) is 0 Å². The van der Waals surface area contributed by atoms with Crippen LogP contribution in [0.4, 0.5) is 0 Å². The maximum Gasteiger partial charge on any atom is 0.191 e. The number of aliphatic imine (C=N–C) groups is 1. The maximum atomic E-state index is 4.59. The van der Waals surface area contributed by atoms with Gasteiger partial charge in [-0.1, -0.05) is 13.8 Å². The predicted octanol–water partition coefficient (Wildman–Crippen LogP) is 1.61. The Balaban J connectivity index is 1.86. The monoisotopic (exact) mass is 335 g/mol. The first-order chi connectivity index (χ1) is 11.3. The fourth-order valence-corrected chi connectivity index (χ4v) is 2.86. The molecular weight excluding hydrogens is 310 g/mol. The third-order valence-electron chi connectivity index (χ3n) is 3.30. The van der Waals surface area contributed by atoms with Crippen LogP contribution in [0, 0.1) is 0 Å². The summed E-state index contributed by atoms with van der Waals surface area (Å²) < 4.78 is 2.06. The molecule has 0 saturated carbocycles. The van der Waals surface area contributed by atoms with Gasteiger partial charge in [0, 0.05) is 31.4 Å². The Morgan fingerprint density at radius 1 is 1.26 bits per heavy atom. The first-order valence-electron chi connectivity index (χ1n) is 8.08. The lowest BCUT2D eigenvalue weighted by molar-refractivity contribution is 0.632. The van der Waals surface area contributed by atoms with Gasteiger partial charge in [-0.15, -0.1) is 21.5 Å². The van der Waals surface area contributed by atoms with Gasteiger partial charge in [-0.25, -0.2) is 9.98 Å². The van der Waals surface area contributed by atoms with Crippen LogP contribution < -0.4 is 10.6 Å². The summed E-state index contributed by atoms with van der Waals surface area (Å²) in [6, 6.07) is 0. The molecule has 2 N–H and O–H groups in total. The van der Waals surface area contributed by atoms with Crippen molar-refractivity contribution in [1.82, 2.24) is 30.4 Å². The molecular formula is C15H25N7S. The molecule has 0 aliphatic heterocycles. The Kier molecular flexibility index (Phi) is 6.99. The molecule has 7 nitrogen and oxygen atoms in total. The van der Waals surface area contributed by atoms with Gasteiger partial charge in [0.1, 0.15) is 12.2 Å². The van der Waals surface area contributed by atoms with Crippen LogP contribution in [0.2, 0.25) is 0 Å². The van der Waals surface area contributed by atoms with Crippen molar-refractivity contribution in [2.45, 2.75) is 46.7 Å². The van der Waals surface area contributed by atoms with E-state index in [9.17, 15) is 0 Å². The van der Waals surface area contributed by atoms with Crippen molar-refractivity contribution in [2.75, 3.05) is 13.1 Å². The molecule has 0 fully saturated rings. The van der Waals surface area contributed by atoms with Crippen molar-refractivity contribution < 1.29 is 0 Å². The lowest BCUT2D eigenvalue weighted by Crippen LogP contribution is -2.38. The van der Waals surface area contributed by atoms with Crippen molar-refractivity contribution in [3.63, 3.8) is 0 Å². The minimum absolute atomic E-state index is 0.596. The van der Waals surface area contributed by atoms with Gasteiger partial charge >= 0.3 is 0 Å². The highest BCUT2D eigenvalue weighted by molar-refractivity contribution is 7.09. The predicted molar refractivity (Wildman–Crippen MR) is 93.7 cm³/mol. The first-order valence-corrected chi connectivity index (χ1v) is 8.96. The third kappa shape index (κ3) is 5.31. The van der Waals surface area contributed by atoms with E-state index in [1.807, 2.05) is 0 Å². The number of aromatic nitrogens is 4. The minimum Gasteiger partial charge on any atom is -0.357 e. The van der Waals surface area contributed by atoms with Gasteiger partial charge in [0.2, 0.25) is 0 Å². The SMILES string of the molecule is CCNC(=NCc1csc(CC)n1)NCCn1cnnc1CC. The average Bonchev–Trinajstić information content (AvgIpc) is 3.21. The molecule has 0 amide bonds. The zero-order valence-electron chi connectivity index (χ0n) is 14.0. The van der Waals surface area contributed by atoms with Gasteiger partial charge in [-0.3, -0.25) is 0 Å². The fraction of sp³-hybridized carbons (Fsp3) is 0.600. The van der Waals surface area contributed by atoms with Gasteiger partial charge in [-0.2, -0.15) is 0 Å². The zero-order chi connectivity index (χ0) is 16.5. The highest BCUT2D eigenvalue weighted by Crippen LogP contribution is 2.10. The summed E-state index contributed by atoms with van der Waals surface area (Å²) in [7, 11) is 0. The Morgan fingerprint density at radius 3 is 2.83 bits per heavy atom. The summed E-state index contributed by atoms with van der Waals surface area (Å²) >= 11 is 1.70. The van der Waals surface area contributed by atoms with Crippen LogP contribution in [-0.2, 0) is 25.9 Å². The van der Waals surface area contributed by atoms with Gasteiger partial charge < -0.3 is 15.2 Å². The number of guanidine groups is 1. The smallest absolute Gasteiger partial charge is 0.191 e. The van der Waals surface area contributed by atoms with E-state index in [0.29, 0.717) is 6.54 Å². The van der Waals surface area contributed by atoms with Crippen molar-refractivity contribution in [3.05, 3.63) is 28.2 Å². The van der Waals surface area contributed by atoms with Crippen molar-refractivity contribution >= 4 is 17.3 Å². The van der Waals surface area contributed by atoms with Crippen LogP contribution >= 0.6 is 11.3 Å². The molecule has 8 heteroatoms. The second-order valence-corrected chi connectivity index (χ2v) is 5.94. The molecule has 0 atom stereocenters. The van der Waals surface area contributed by atoms with Crippen molar-refractivity contribution in [1.29, 1.82) is 0 Å². The third-order valence-corrected chi connectivity index (χ3v) is 4.34. The van der Waals surface area contributed by atoms with E-state index in [-0.39, 0.29) is 0 Å². The van der Waals surface area contributed by atoms with E-state index >= 15 is 0 Å². The number of hydrogen-bond donors (Lipinski definition) is 2. The standard InChI is InChI=1S/C15H25N7S/c1-4-13-21-19-11-22(13)8-7-17-15(16-6-3)18-9-12-10-23-14(5-2)20-12/h10-11H,4-9H2,1-3H3,(H2,16,17,18). The van der Waals surface area contributed by atoms with E-state index in [0.717, 1.165) is 55.0 Å². The number of aryl methyl sites for hydroxylation is 2. The number of nitrogens with zero attached hydrogens (tertiary/aromatic N) is 5. The lowest BCUT2D eigenvalue weighted by Gasteiger charge is -2.11. The van der Waals surface area contributed by atoms with Crippen LogP contribution in [0.25, 0.3) is 0 Å². The Morgan fingerprint density at radius 2 is 2.13 bits per heavy atom. The number of thiazole rings is 1. The molecule has 0 spiro atoms. The highest BCUT2D eigenvalue weighted by atomic mass is 32.1. The van der Waals surface area contributed by atoms with Crippen LogP contribution in [0.1, 0.15) is 37.3 Å². The summed E-state index contributed by atoms with van der Waals surface area (Å²) in [6.07, 6.45) is 3.63. The van der Waals surface area contributed by atoms with Crippen molar-refractivity contribution in [2.24, 2.45) is 4.99 Å². The van der Waals surface area contributed by atoms with Gasteiger partial charge in [-0.05, 0) is 13.3 Å². The largest absolute Gasteiger partial charge is 0.357 e. The molecule has 0 saturated heterocycles. The maximum absolute atomic E-state index is 4.59. The molecule has 0 aromatic carbocycles. The molecule has 2 aromatic rings. The van der Waals surface area contributed by atoms with Crippen LogP contribution in [0.3, 0.4) is 0 Å². The highest BCUT2D eigenvalue weighted by Gasteiger charge is 2.03. The topological polar surface area (TPSA) is 80.0 Å². The van der Waals surface area contributed by atoms with Crippen LogP contribution in [0.5, 0.6) is 0 Å². The second kappa shape index (κ2) is 9.24. The summed E-state index contributed by atoms with van der Waals surface area (Å²) in [5.74, 6) is 1.81. The quantitative estimate of drug-likeness (QED) is 0.566. The molecule has 2 heterocycles. The molecule has 0 bridgehead atoms. The van der Waals surface area contributed by atoms with Crippen LogP contribution in [0.15, 0.2) is 16.7 Å². The first kappa shape index (κ1) is 17.4. The number of nitrogens with one attached hydrogen (secondary N) is 2. The zero-order valence-corrected chi connectivity index (χ0v) is 14.9. The lowest BCUT2D eigenvalue weighted by atomic mass is 10.4. The molecule has 0 aliphatic carbocycles. The Labute approximate surface area is 141 Å². The normalized spacial score (nSPS) is 11.7. The van der Waals surface area contributed by atoms with E-state index < -0.39 is 0 Å². The Hall–Kier alpha value is -1.96. The Bertz CT molecular complexity index is 617. The molecule has 0 aliphatic rings. The fourth-order valence-electron chi connectivity index (χ4n) is 2.12. The average molecular weight is 335 g/mol.